The molecule has 3 aromatic rings. The van der Waals surface area contributed by atoms with Gasteiger partial charge in [0.05, 0.1) is 6.54 Å². The molecule has 0 radical (unpaired) electrons. The zero-order chi connectivity index (χ0) is 18.4. The van der Waals surface area contributed by atoms with Crippen molar-refractivity contribution in [3.63, 3.8) is 0 Å². The summed E-state index contributed by atoms with van der Waals surface area (Å²) in [7, 11) is 1.83. The first-order chi connectivity index (χ1) is 13.2. The van der Waals surface area contributed by atoms with E-state index in [0.29, 0.717) is 13.2 Å². The number of fused-ring (bicyclic) bond motifs is 1. The molecule has 1 aliphatic heterocycles. The van der Waals surface area contributed by atoms with Crippen molar-refractivity contribution in [2.45, 2.75) is 18.9 Å². The van der Waals surface area contributed by atoms with E-state index in [2.05, 4.69) is 24.3 Å². The maximum absolute atomic E-state index is 13.2. The fourth-order valence-electron chi connectivity index (χ4n) is 4.18. The van der Waals surface area contributed by atoms with Crippen LogP contribution in [0.15, 0.2) is 54.6 Å². The van der Waals surface area contributed by atoms with Crippen LogP contribution < -0.4 is 9.47 Å². The summed E-state index contributed by atoms with van der Waals surface area (Å²) in [6.07, 6.45) is 1.95. The van der Waals surface area contributed by atoms with Crippen LogP contribution >= 0.6 is 0 Å². The molecule has 0 saturated carbocycles. The Bertz CT molecular complexity index is 1030. The van der Waals surface area contributed by atoms with Gasteiger partial charge in [-0.3, -0.25) is 4.79 Å². The van der Waals surface area contributed by atoms with Crippen LogP contribution in [0.4, 0.5) is 0 Å². The van der Waals surface area contributed by atoms with Gasteiger partial charge < -0.3 is 14.4 Å². The van der Waals surface area contributed by atoms with E-state index in [1.807, 2.05) is 37.4 Å². The Labute approximate surface area is 158 Å². The van der Waals surface area contributed by atoms with Gasteiger partial charge in [-0.1, -0.05) is 36.4 Å². The number of benzene rings is 3. The topological polar surface area (TPSA) is 38.8 Å². The molecule has 0 bridgehead atoms. The second-order valence-corrected chi connectivity index (χ2v) is 7.30. The molecule has 1 atom stereocenters. The van der Waals surface area contributed by atoms with Gasteiger partial charge in [0.2, 0.25) is 0 Å². The van der Waals surface area contributed by atoms with E-state index in [-0.39, 0.29) is 12.0 Å². The number of para-hydroxylation sites is 2. The van der Waals surface area contributed by atoms with Crippen LogP contribution in [0.1, 0.15) is 21.5 Å². The van der Waals surface area contributed by atoms with E-state index in [1.54, 1.807) is 4.90 Å². The number of rotatable bonds is 3. The maximum Gasteiger partial charge on any atom is 0.254 e. The van der Waals surface area contributed by atoms with E-state index >= 15 is 0 Å². The molecule has 0 unspecified atom stereocenters. The third-order valence-electron chi connectivity index (χ3n) is 5.50. The number of aryl methyl sites for hydroxylation is 2. The first kappa shape index (κ1) is 16.2. The molecule has 0 saturated heterocycles. The van der Waals surface area contributed by atoms with Gasteiger partial charge in [0.1, 0.15) is 6.61 Å². The van der Waals surface area contributed by atoms with E-state index in [9.17, 15) is 4.79 Å². The minimum absolute atomic E-state index is 0.0214. The van der Waals surface area contributed by atoms with Gasteiger partial charge in [0.15, 0.2) is 17.6 Å². The van der Waals surface area contributed by atoms with Crippen LogP contribution in [0.3, 0.4) is 0 Å². The molecule has 2 aliphatic rings. The van der Waals surface area contributed by atoms with Crippen molar-refractivity contribution in [2.24, 2.45) is 0 Å². The van der Waals surface area contributed by atoms with Crippen LogP contribution in [0.2, 0.25) is 0 Å². The summed E-state index contributed by atoms with van der Waals surface area (Å²) in [5, 5.41) is 2.33. The fraction of sp³-hybridized carbons (Fsp3) is 0.261. The molecular weight excluding hydrogens is 338 g/mol. The highest BCUT2D eigenvalue weighted by Gasteiger charge is 2.26. The first-order valence-corrected chi connectivity index (χ1v) is 9.38. The summed E-state index contributed by atoms with van der Waals surface area (Å²) >= 11 is 0. The number of hydrogen-bond donors (Lipinski definition) is 0. The fourth-order valence-corrected chi connectivity index (χ4v) is 4.18. The van der Waals surface area contributed by atoms with E-state index < -0.39 is 0 Å². The number of ether oxygens (including phenoxy) is 2. The summed E-state index contributed by atoms with van der Waals surface area (Å²) in [6.45, 7) is 0.925. The van der Waals surface area contributed by atoms with Crippen molar-refractivity contribution in [1.29, 1.82) is 0 Å². The Kier molecular flexibility index (Phi) is 3.78. The zero-order valence-corrected chi connectivity index (χ0v) is 15.3. The molecule has 4 nitrogen and oxygen atoms in total. The van der Waals surface area contributed by atoms with E-state index in [0.717, 1.165) is 35.3 Å². The number of carbonyl (C=O) groups is 1. The second kappa shape index (κ2) is 6.31. The summed E-state index contributed by atoms with van der Waals surface area (Å²) in [4.78, 5) is 14.9. The number of carbonyl (C=O) groups excluding carboxylic acids is 1. The number of likely N-dealkylation sites (N-methyl/N-ethyl adjacent to an activating group) is 1. The standard InChI is InChI=1S/C23H21NO3/c1-24(13-17-14-26-20-7-2-3-8-21(20)27-17)23(25)19-12-11-16-10-9-15-5-4-6-18(19)22(15)16/h2-8,11-12,17H,9-10,13-14H2,1H3/t17-/m1/s1. The van der Waals surface area contributed by atoms with Gasteiger partial charge in [-0.05, 0) is 52.9 Å². The van der Waals surface area contributed by atoms with Crippen molar-refractivity contribution in [3.05, 3.63) is 71.3 Å². The Hall–Kier alpha value is -3.01. The minimum atomic E-state index is -0.175. The highest BCUT2D eigenvalue weighted by Crippen LogP contribution is 2.34. The molecule has 0 fully saturated rings. The minimum Gasteiger partial charge on any atom is -0.486 e. The van der Waals surface area contributed by atoms with E-state index in [1.165, 1.54) is 16.5 Å². The molecule has 3 aromatic carbocycles. The molecule has 4 heteroatoms. The van der Waals surface area contributed by atoms with Gasteiger partial charge in [-0.25, -0.2) is 0 Å². The maximum atomic E-state index is 13.2. The van der Waals surface area contributed by atoms with Crippen molar-refractivity contribution < 1.29 is 14.3 Å². The van der Waals surface area contributed by atoms with Crippen LogP contribution in [0.25, 0.3) is 10.8 Å². The predicted molar refractivity (Wildman–Crippen MR) is 105 cm³/mol. The Morgan fingerprint density at radius 1 is 1.00 bits per heavy atom. The summed E-state index contributed by atoms with van der Waals surface area (Å²) in [5.41, 5.74) is 3.46. The molecule has 1 aliphatic carbocycles. The molecule has 0 aromatic heterocycles. The number of nitrogens with zero attached hydrogens (tertiary/aromatic N) is 1. The Morgan fingerprint density at radius 3 is 2.63 bits per heavy atom. The van der Waals surface area contributed by atoms with Crippen molar-refractivity contribution in [3.8, 4) is 11.5 Å². The summed E-state index contributed by atoms with van der Waals surface area (Å²) in [5.74, 6) is 1.52. The number of hydrogen-bond acceptors (Lipinski definition) is 3. The smallest absolute Gasteiger partial charge is 0.254 e. The normalized spacial score (nSPS) is 17.1. The molecule has 1 heterocycles. The lowest BCUT2D eigenvalue weighted by Gasteiger charge is -2.29. The largest absolute Gasteiger partial charge is 0.486 e. The lowest BCUT2D eigenvalue weighted by Crippen LogP contribution is -2.41. The SMILES string of the molecule is CN(C[C@@H]1COc2ccccc2O1)C(=O)c1ccc2c3c(cccc13)CC2. The molecule has 136 valence electrons. The lowest BCUT2D eigenvalue weighted by atomic mass is 9.99. The van der Waals surface area contributed by atoms with Gasteiger partial charge in [-0.2, -0.15) is 0 Å². The quantitative estimate of drug-likeness (QED) is 0.713. The van der Waals surface area contributed by atoms with Gasteiger partial charge in [0.25, 0.3) is 5.91 Å². The molecule has 27 heavy (non-hydrogen) atoms. The molecular formula is C23H21NO3. The van der Waals surface area contributed by atoms with Gasteiger partial charge in [-0.15, -0.1) is 0 Å². The van der Waals surface area contributed by atoms with Gasteiger partial charge >= 0.3 is 0 Å². The summed E-state index contributed by atoms with van der Waals surface area (Å²) in [6, 6.07) is 18.0. The highest BCUT2D eigenvalue weighted by atomic mass is 16.6. The third kappa shape index (κ3) is 2.72. The second-order valence-electron chi connectivity index (χ2n) is 7.30. The molecule has 5 rings (SSSR count). The molecule has 0 spiro atoms. The van der Waals surface area contributed by atoms with Crippen LogP contribution in [-0.4, -0.2) is 37.1 Å². The van der Waals surface area contributed by atoms with E-state index in [4.69, 9.17) is 9.47 Å². The molecule has 0 N–H and O–H groups in total. The zero-order valence-electron chi connectivity index (χ0n) is 15.3. The average Bonchev–Trinajstić information content (AvgIpc) is 3.13. The predicted octanol–water partition coefficient (Wildman–Crippen LogP) is 3.85. The lowest BCUT2D eigenvalue weighted by molar-refractivity contribution is 0.0522. The molecule has 1 amide bonds. The highest BCUT2D eigenvalue weighted by molar-refractivity contribution is 6.09. The van der Waals surface area contributed by atoms with Gasteiger partial charge in [0, 0.05) is 12.6 Å². The van der Waals surface area contributed by atoms with Crippen molar-refractivity contribution in [2.75, 3.05) is 20.2 Å². The monoisotopic (exact) mass is 359 g/mol. The number of amides is 1. The average molecular weight is 359 g/mol. The Balaban J connectivity index is 1.38. The first-order valence-electron chi connectivity index (χ1n) is 9.38. The van der Waals surface area contributed by atoms with Crippen LogP contribution in [-0.2, 0) is 12.8 Å². The van der Waals surface area contributed by atoms with Crippen LogP contribution in [0.5, 0.6) is 11.5 Å². The Morgan fingerprint density at radius 2 is 1.78 bits per heavy atom. The van der Waals surface area contributed by atoms with Crippen molar-refractivity contribution >= 4 is 16.7 Å². The third-order valence-corrected chi connectivity index (χ3v) is 5.50. The summed E-state index contributed by atoms with van der Waals surface area (Å²) < 4.78 is 11.8. The van der Waals surface area contributed by atoms with Crippen molar-refractivity contribution in [1.82, 2.24) is 4.90 Å². The van der Waals surface area contributed by atoms with Crippen LogP contribution in [0, 0.1) is 0 Å².